The molecule has 2 heterocycles. The normalized spacial score (nSPS) is 10.9. The Labute approximate surface area is 89.6 Å². The van der Waals surface area contributed by atoms with Gasteiger partial charge < -0.3 is 0 Å². The van der Waals surface area contributed by atoms with Crippen LogP contribution in [0.1, 0.15) is 12.6 Å². The molecule has 0 atom stereocenters. The number of hydrogen-bond acceptors (Lipinski definition) is 4. The molecule has 15 heavy (non-hydrogen) atoms. The number of nitrogens with one attached hydrogen (secondary N) is 1. The summed E-state index contributed by atoms with van der Waals surface area (Å²) in [7, 11) is 1.70. The highest BCUT2D eigenvalue weighted by molar-refractivity contribution is 6.31. The lowest BCUT2D eigenvalue weighted by molar-refractivity contribution is 0.747. The molecule has 0 aliphatic heterocycles. The zero-order valence-corrected chi connectivity index (χ0v) is 8.99. The molecule has 1 N–H and O–H groups in total. The lowest BCUT2D eigenvalue weighted by Crippen LogP contribution is -2.17. The number of H-pyrrole nitrogens is 1. The van der Waals surface area contributed by atoms with Crippen LogP contribution in [0.3, 0.4) is 0 Å². The molecule has 2 aromatic heterocycles. The zero-order valence-electron chi connectivity index (χ0n) is 8.23. The lowest BCUT2D eigenvalue weighted by Gasteiger charge is -1.96. The lowest BCUT2D eigenvalue weighted by atomic mass is 10.3. The summed E-state index contributed by atoms with van der Waals surface area (Å²) in [6.45, 7) is 1.92. The van der Waals surface area contributed by atoms with Crippen LogP contribution in [0.2, 0.25) is 5.15 Å². The molecular formula is C7H9ClN6O. The van der Waals surface area contributed by atoms with Crippen molar-refractivity contribution in [3.63, 3.8) is 0 Å². The van der Waals surface area contributed by atoms with Crippen LogP contribution in [0.5, 0.6) is 0 Å². The predicted molar refractivity (Wildman–Crippen MR) is 53.1 cm³/mol. The third-order valence-electron chi connectivity index (χ3n) is 2.04. The van der Waals surface area contributed by atoms with Crippen LogP contribution in [0, 0.1) is 0 Å². The first kappa shape index (κ1) is 9.91. The van der Waals surface area contributed by atoms with Crippen molar-refractivity contribution in [1.29, 1.82) is 0 Å². The summed E-state index contributed by atoms with van der Waals surface area (Å²) >= 11 is 6.02. The molecule has 7 nitrogen and oxygen atoms in total. The van der Waals surface area contributed by atoms with E-state index in [-0.39, 0.29) is 0 Å². The van der Waals surface area contributed by atoms with E-state index >= 15 is 0 Å². The van der Waals surface area contributed by atoms with Crippen LogP contribution >= 0.6 is 11.6 Å². The van der Waals surface area contributed by atoms with Gasteiger partial charge in [0, 0.05) is 7.05 Å². The monoisotopic (exact) mass is 228 g/mol. The van der Waals surface area contributed by atoms with Crippen LogP contribution in [0.15, 0.2) is 4.79 Å². The molecule has 0 radical (unpaired) electrons. The third kappa shape index (κ3) is 1.44. The molecule has 0 spiro atoms. The fourth-order valence-corrected chi connectivity index (χ4v) is 1.56. The van der Waals surface area contributed by atoms with Crippen molar-refractivity contribution in [3.05, 3.63) is 21.3 Å². The maximum absolute atomic E-state index is 11.3. The van der Waals surface area contributed by atoms with E-state index < -0.39 is 5.69 Å². The van der Waals surface area contributed by atoms with E-state index in [2.05, 4.69) is 20.6 Å². The number of tetrazole rings is 1. The van der Waals surface area contributed by atoms with Crippen LogP contribution in [-0.2, 0) is 13.5 Å². The summed E-state index contributed by atoms with van der Waals surface area (Å²) in [5, 5.41) is 13.8. The minimum absolute atomic E-state index is 0.364. The van der Waals surface area contributed by atoms with E-state index in [1.54, 1.807) is 7.05 Å². The molecule has 0 aromatic carbocycles. The Morgan fingerprint density at radius 1 is 1.53 bits per heavy atom. The largest absolute Gasteiger partial charge is 0.366 e. The molecule has 0 amide bonds. The van der Waals surface area contributed by atoms with Crippen molar-refractivity contribution >= 4 is 11.6 Å². The quantitative estimate of drug-likeness (QED) is 0.779. The fourth-order valence-electron chi connectivity index (χ4n) is 1.34. The summed E-state index contributed by atoms with van der Waals surface area (Å²) in [6.07, 6.45) is 0.662. The summed E-state index contributed by atoms with van der Waals surface area (Å²) < 4.78 is 2.60. The van der Waals surface area contributed by atoms with E-state index in [1.165, 1.54) is 4.68 Å². The molecule has 0 aliphatic rings. The van der Waals surface area contributed by atoms with Crippen LogP contribution < -0.4 is 5.69 Å². The minimum atomic E-state index is -0.431. The van der Waals surface area contributed by atoms with Crippen LogP contribution in [-0.4, -0.2) is 30.0 Å². The molecule has 2 aromatic rings. The van der Waals surface area contributed by atoms with Gasteiger partial charge in [-0.3, -0.25) is 4.68 Å². The minimum Gasteiger partial charge on any atom is -0.255 e. The highest BCUT2D eigenvalue weighted by Gasteiger charge is 2.17. The van der Waals surface area contributed by atoms with Gasteiger partial charge >= 0.3 is 5.69 Å². The average molecular weight is 229 g/mol. The molecule has 0 saturated carbocycles. The fraction of sp³-hybridized carbons (Fsp3) is 0.429. The predicted octanol–water partition coefficient (Wildman–Crippen LogP) is -0.0951. The first-order valence-electron chi connectivity index (χ1n) is 4.37. The topological polar surface area (TPSA) is 81.4 Å². The van der Waals surface area contributed by atoms with E-state index in [1.807, 2.05) is 6.92 Å². The van der Waals surface area contributed by atoms with Gasteiger partial charge in [0.05, 0.1) is 5.69 Å². The molecule has 0 saturated heterocycles. The van der Waals surface area contributed by atoms with Crippen molar-refractivity contribution in [1.82, 2.24) is 30.0 Å². The standard InChI is InChI=1S/C7H9ClN6O/c1-3-4-5(6(8)13(2)10-4)14-7(15)9-11-12-14/h3H2,1-2H3,(H,9,12,15). The average Bonchev–Trinajstić information content (AvgIpc) is 2.73. The summed E-state index contributed by atoms with van der Waals surface area (Å²) in [5.41, 5.74) is 0.763. The number of nitrogens with zero attached hydrogens (tertiary/aromatic N) is 5. The third-order valence-corrected chi connectivity index (χ3v) is 2.47. The zero-order chi connectivity index (χ0) is 11.0. The van der Waals surface area contributed by atoms with Crippen molar-refractivity contribution in [2.24, 2.45) is 7.05 Å². The number of aryl methyl sites for hydroxylation is 2. The second kappa shape index (κ2) is 3.50. The molecule has 80 valence electrons. The van der Waals surface area contributed by atoms with E-state index in [0.29, 0.717) is 23.0 Å². The molecule has 0 fully saturated rings. The Balaban J connectivity index is 2.71. The highest BCUT2D eigenvalue weighted by Crippen LogP contribution is 2.21. The molecule has 8 heteroatoms. The second-order valence-corrected chi connectivity index (χ2v) is 3.34. The van der Waals surface area contributed by atoms with Gasteiger partial charge in [-0.05, 0) is 16.8 Å². The summed E-state index contributed by atoms with van der Waals surface area (Å²) in [4.78, 5) is 11.3. The SMILES string of the molecule is CCc1nn(C)c(Cl)c1-n1nn[nH]c1=O. The number of halogens is 1. The molecule has 0 unspecified atom stereocenters. The summed E-state index contributed by atoms with van der Waals surface area (Å²) in [5.74, 6) is 0. The Morgan fingerprint density at radius 2 is 2.27 bits per heavy atom. The number of rotatable bonds is 2. The molecule has 0 bridgehead atoms. The van der Waals surface area contributed by atoms with Crippen molar-refractivity contribution in [2.75, 3.05) is 0 Å². The number of aromatic nitrogens is 6. The van der Waals surface area contributed by atoms with Gasteiger partial charge in [-0.25, -0.2) is 9.89 Å². The van der Waals surface area contributed by atoms with Gasteiger partial charge in [0.15, 0.2) is 5.15 Å². The molecule has 0 aliphatic carbocycles. The van der Waals surface area contributed by atoms with Gasteiger partial charge in [0.25, 0.3) is 0 Å². The smallest absolute Gasteiger partial charge is 0.255 e. The van der Waals surface area contributed by atoms with Crippen molar-refractivity contribution < 1.29 is 0 Å². The first-order valence-corrected chi connectivity index (χ1v) is 4.75. The van der Waals surface area contributed by atoms with E-state index in [4.69, 9.17) is 11.6 Å². The van der Waals surface area contributed by atoms with Gasteiger partial charge in [-0.1, -0.05) is 18.5 Å². The van der Waals surface area contributed by atoms with Gasteiger partial charge in [-0.15, -0.1) is 0 Å². The van der Waals surface area contributed by atoms with Gasteiger partial charge in [0.2, 0.25) is 0 Å². The Kier molecular flexibility index (Phi) is 2.31. The maximum Gasteiger partial charge on any atom is 0.366 e. The Bertz CT molecular complexity index is 538. The van der Waals surface area contributed by atoms with E-state index in [9.17, 15) is 4.79 Å². The molecule has 2 rings (SSSR count). The van der Waals surface area contributed by atoms with Crippen LogP contribution in [0.4, 0.5) is 0 Å². The van der Waals surface area contributed by atoms with Gasteiger partial charge in [0.1, 0.15) is 5.69 Å². The molecular weight excluding hydrogens is 220 g/mol. The maximum atomic E-state index is 11.3. The Hall–Kier alpha value is -1.63. The number of aromatic amines is 1. The summed E-state index contributed by atoms with van der Waals surface area (Å²) in [6, 6.07) is 0. The first-order chi connectivity index (χ1) is 7.15. The van der Waals surface area contributed by atoms with Crippen molar-refractivity contribution in [3.8, 4) is 5.69 Å². The van der Waals surface area contributed by atoms with E-state index in [0.717, 1.165) is 4.68 Å². The Morgan fingerprint density at radius 3 is 2.80 bits per heavy atom. The van der Waals surface area contributed by atoms with Gasteiger partial charge in [-0.2, -0.15) is 9.78 Å². The number of hydrogen-bond donors (Lipinski definition) is 1. The van der Waals surface area contributed by atoms with Crippen molar-refractivity contribution in [2.45, 2.75) is 13.3 Å². The second-order valence-electron chi connectivity index (χ2n) is 2.98. The van der Waals surface area contributed by atoms with Crippen LogP contribution in [0.25, 0.3) is 5.69 Å². The highest BCUT2D eigenvalue weighted by atomic mass is 35.5.